The lowest BCUT2D eigenvalue weighted by atomic mass is 10.1. The number of rotatable bonds is 0. The quantitative estimate of drug-likeness (QED) is 0.397. The van der Waals surface area contributed by atoms with E-state index in [1.165, 1.54) is 0 Å². The van der Waals surface area contributed by atoms with Gasteiger partial charge in [-0.1, -0.05) is 19.1 Å². The second kappa shape index (κ2) is 1.63. The molecule has 0 saturated heterocycles. The molecule has 0 amide bonds. The molecule has 0 nitrogen and oxygen atoms in total. The average molecular weight is 90.1 g/mol. The van der Waals surface area contributed by atoms with Crippen molar-refractivity contribution in [2.45, 2.75) is 0 Å². The molecule has 1 aliphatic rings. The van der Waals surface area contributed by atoms with Gasteiger partial charge >= 0.3 is 0 Å². The van der Waals surface area contributed by atoms with E-state index in [4.69, 9.17) is 0 Å². The summed E-state index contributed by atoms with van der Waals surface area (Å²) < 4.78 is 0. The topological polar surface area (TPSA) is 0 Å². The minimum Gasteiger partial charge on any atom is -0.114 e. The molecule has 0 spiro atoms. The highest BCUT2D eigenvalue weighted by Gasteiger charge is 1.83. The summed E-state index contributed by atoms with van der Waals surface area (Å²) in [6, 6.07) is 0. The largest absolute Gasteiger partial charge is 0.114 e. The van der Waals surface area contributed by atoms with Crippen LogP contribution in [0.5, 0.6) is 0 Å². The highest BCUT2D eigenvalue weighted by molar-refractivity contribution is 5.31. The Morgan fingerprint density at radius 3 is 2.86 bits per heavy atom. The summed E-state index contributed by atoms with van der Waals surface area (Å²) in [5.41, 5.74) is 0.947. The SMILES string of the molecule is C=C1[C+]=C[CH-]C=C1. The van der Waals surface area contributed by atoms with Gasteiger partial charge < -0.3 is 0 Å². The van der Waals surface area contributed by atoms with Crippen LogP contribution in [-0.2, 0) is 0 Å². The molecule has 1 rings (SSSR count). The number of hydrogen-bond donors (Lipinski definition) is 0. The van der Waals surface area contributed by atoms with Crippen molar-refractivity contribution in [3.8, 4) is 0 Å². The van der Waals surface area contributed by atoms with Crippen LogP contribution >= 0.6 is 0 Å². The van der Waals surface area contributed by atoms with E-state index < -0.39 is 0 Å². The summed E-state index contributed by atoms with van der Waals surface area (Å²) in [5, 5.41) is 0. The van der Waals surface area contributed by atoms with Crippen LogP contribution in [-0.4, -0.2) is 0 Å². The van der Waals surface area contributed by atoms with Crippen LogP contribution in [0.15, 0.2) is 30.4 Å². The first-order valence-corrected chi connectivity index (χ1v) is 2.18. The van der Waals surface area contributed by atoms with E-state index in [-0.39, 0.29) is 0 Å². The third-order valence-electron chi connectivity index (χ3n) is 0.773. The minimum absolute atomic E-state index is 0.947. The Kier molecular flexibility index (Phi) is 0.972. The first-order valence-electron chi connectivity index (χ1n) is 2.18. The highest BCUT2D eigenvalue weighted by atomic mass is 13.9. The van der Waals surface area contributed by atoms with Crippen LogP contribution in [0.2, 0.25) is 0 Å². The van der Waals surface area contributed by atoms with Gasteiger partial charge in [0.25, 0.3) is 0 Å². The Morgan fingerprint density at radius 2 is 2.57 bits per heavy atom. The fourth-order valence-corrected chi connectivity index (χ4v) is 0.431. The van der Waals surface area contributed by atoms with Crippen molar-refractivity contribution in [1.82, 2.24) is 0 Å². The van der Waals surface area contributed by atoms with E-state index in [2.05, 4.69) is 12.7 Å². The molecule has 0 aromatic carbocycles. The Balaban J connectivity index is 2.66. The maximum atomic E-state index is 3.66. The molecule has 0 aliphatic heterocycles. The van der Waals surface area contributed by atoms with Gasteiger partial charge in [-0.2, -0.15) is 0 Å². The van der Waals surface area contributed by atoms with Crippen LogP contribution < -0.4 is 0 Å². The second-order valence-electron chi connectivity index (χ2n) is 1.39. The van der Waals surface area contributed by atoms with Crippen LogP contribution in [0, 0.1) is 12.5 Å². The maximum absolute atomic E-state index is 3.66. The average Bonchev–Trinajstić information content (AvgIpc) is 1.69. The Morgan fingerprint density at radius 1 is 1.71 bits per heavy atom. The molecule has 0 heteroatoms. The van der Waals surface area contributed by atoms with Crippen molar-refractivity contribution in [3.05, 3.63) is 42.9 Å². The molecule has 0 unspecified atom stereocenters. The lowest BCUT2D eigenvalue weighted by Crippen LogP contribution is -1.74. The molecular formula is C7H6. The molecular weight excluding hydrogens is 84.1 g/mol. The molecule has 0 heterocycles. The molecule has 0 fully saturated rings. The third-order valence-corrected chi connectivity index (χ3v) is 0.773. The van der Waals surface area contributed by atoms with Crippen molar-refractivity contribution in [1.29, 1.82) is 0 Å². The van der Waals surface area contributed by atoms with Gasteiger partial charge in [-0.25, -0.2) is 0 Å². The predicted molar refractivity (Wildman–Crippen MR) is 30.4 cm³/mol. The fourth-order valence-electron chi connectivity index (χ4n) is 0.431. The van der Waals surface area contributed by atoms with Gasteiger partial charge in [0.15, 0.2) is 0 Å². The van der Waals surface area contributed by atoms with Crippen LogP contribution in [0.4, 0.5) is 0 Å². The molecule has 0 saturated carbocycles. The van der Waals surface area contributed by atoms with E-state index in [1.54, 1.807) is 0 Å². The molecule has 0 N–H and O–H groups in total. The van der Waals surface area contributed by atoms with Crippen LogP contribution in [0.1, 0.15) is 0 Å². The van der Waals surface area contributed by atoms with Gasteiger partial charge in [-0.15, -0.1) is 6.08 Å². The lowest BCUT2D eigenvalue weighted by molar-refractivity contribution is 1.55. The molecule has 7 heavy (non-hydrogen) atoms. The second-order valence-corrected chi connectivity index (χ2v) is 1.39. The summed E-state index contributed by atoms with van der Waals surface area (Å²) in [6.45, 7) is 3.66. The summed E-state index contributed by atoms with van der Waals surface area (Å²) in [6.07, 6.45) is 10.6. The summed E-state index contributed by atoms with van der Waals surface area (Å²) in [4.78, 5) is 0. The van der Waals surface area contributed by atoms with Crippen LogP contribution in [0.25, 0.3) is 0 Å². The lowest BCUT2D eigenvalue weighted by Gasteiger charge is -1.91. The van der Waals surface area contributed by atoms with Crippen molar-refractivity contribution in [3.63, 3.8) is 0 Å². The first kappa shape index (κ1) is 4.17. The Hall–Kier alpha value is -1.00. The minimum atomic E-state index is 0.947. The zero-order chi connectivity index (χ0) is 5.11. The predicted octanol–water partition coefficient (Wildman–Crippen LogP) is 1.68. The molecule has 1 aliphatic carbocycles. The van der Waals surface area contributed by atoms with Crippen molar-refractivity contribution >= 4 is 0 Å². The van der Waals surface area contributed by atoms with Gasteiger partial charge in [0.05, 0.1) is 0 Å². The third kappa shape index (κ3) is 0.918. The molecule has 0 aromatic heterocycles. The van der Waals surface area contributed by atoms with Crippen molar-refractivity contribution < 1.29 is 0 Å². The van der Waals surface area contributed by atoms with Crippen LogP contribution in [0.3, 0.4) is 0 Å². The van der Waals surface area contributed by atoms with Gasteiger partial charge in [0, 0.05) is 5.57 Å². The van der Waals surface area contributed by atoms with Crippen molar-refractivity contribution in [2.24, 2.45) is 0 Å². The highest BCUT2D eigenvalue weighted by Crippen LogP contribution is 2.01. The maximum Gasteiger partial charge on any atom is 0.00922 e. The van der Waals surface area contributed by atoms with Gasteiger partial charge in [-0.05, 0) is 12.2 Å². The monoisotopic (exact) mass is 90.0 g/mol. The normalized spacial score (nSPS) is 15.7. The number of allylic oxidation sites excluding steroid dienone is 5. The summed E-state index contributed by atoms with van der Waals surface area (Å²) in [5.74, 6) is 0. The van der Waals surface area contributed by atoms with Gasteiger partial charge in [0.2, 0.25) is 0 Å². The molecule has 0 atom stereocenters. The Bertz CT molecular complexity index is 113. The van der Waals surface area contributed by atoms with E-state index >= 15 is 0 Å². The van der Waals surface area contributed by atoms with E-state index in [9.17, 15) is 0 Å². The van der Waals surface area contributed by atoms with E-state index in [0.717, 1.165) is 5.57 Å². The fraction of sp³-hybridized carbons (Fsp3) is 0. The number of hydrogen-bond acceptors (Lipinski definition) is 0. The van der Waals surface area contributed by atoms with Gasteiger partial charge in [-0.3, -0.25) is 0 Å². The smallest absolute Gasteiger partial charge is 0.00922 e. The zero-order valence-corrected chi connectivity index (χ0v) is 4.02. The Labute approximate surface area is 43.9 Å². The molecule has 34 valence electrons. The summed E-state index contributed by atoms with van der Waals surface area (Å²) >= 11 is 0. The van der Waals surface area contributed by atoms with Gasteiger partial charge in [0.1, 0.15) is 0 Å². The molecule has 0 radical (unpaired) electrons. The molecule has 0 bridgehead atoms. The first-order chi connectivity index (χ1) is 3.39. The standard InChI is InChI=1S/C7H6/c1-7-5-3-2-4-6-7/h2-5H,1H2. The molecule has 0 aromatic rings. The zero-order valence-electron chi connectivity index (χ0n) is 4.02. The van der Waals surface area contributed by atoms with Crippen molar-refractivity contribution in [2.75, 3.05) is 0 Å². The summed E-state index contributed by atoms with van der Waals surface area (Å²) in [7, 11) is 0. The van der Waals surface area contributed by atoms with E-state index in [0.29, 0.717) is 0 Å². The van der Waals surface area contributed by atoms with E-state index in [1.807, 2.05) is 24.6 Å².